The fourth-order valence-electron chi connectivity index (χ4n) is 4.61. The second-order valence-electron chi connectivity index (χ2n) is 8.05. The minimum atomic E-state index is 0.404. The molecular weight excluding hydrogens is 422 g/mol. The molecule has 0 atom stereocenters. The molecule has 0 N–H and O–H groups in total. The highest BCUT2D eigenvalue weighted by atomic mass is 16.3. The van der Waals surface area contributed by atoms with Crippen molar-refractivity contribution in [2.45, 2.75) is 0 Å². The Morgan fingerprint density at radius 3 is 2.41 bits per heavy atom. The van der Waals surface area contributed by atoms with E-state index < -0.39 is 0 Å². The number of hydrogen-bond donors (Lipinski definition) is 0. The van der Waals surface area contributed by atoms with Gasteiger partial charge in [0.2, 0.25) is 5.82 Å². The molecule has 0 unspecified atom stereocenters. The van der Waals surface area contributed by atoms with Crippen LogP contribution in [0.4, 0.5) is 0 Å². The SMILES string of the molecule is c1cncc(-n2c3ccccc3c3cc(-c4nc(-c5ncco5)nc5ccccc45)ccc32)c1. The molecule has 7 aromatic rings. The molecule has 0 fully saturated rings. The van der Waals surface area contributed by atoms with Gasteiger partial charge in [-0.2, -0.15) is 0 Å². The van der Waals surface area contributed by atoms with Gasteiger partial charge in [-0.15, -0.1) is 0 Å². The molecule has 0 aliphatic heterocycles. The van der Waals surface area contributed by atoms with Crippen LogP contribution < -0.4 is 0 Å². The van der Waals surface area contributed by atoms with Crippen molar-refractivity contribution in [3.8, 4) is 28.7 Å². The van der Waals surface area contributed by atoms with Crippen LogP contribution in [0.1, 0.15) is 0 Å². The molecule has 7 rings (SSSR count). The second kappa shape index (κ2) is 7.35. The first kappa shape index (κ1) is 18.7. The van der Waals surface area contributed by atoms with E-state index in [1.54, 1.807) is 12.4 Å². The summed E-state index contributed by atoms with van der Waals surface area (Å²) < 4.78 is 7.74. The van der Waals surface area contributed by atoms with Crippen LogP contribution in [-0.4, -0.2) is 24.5 Å². The average molecular weight is 439 g/mol. The van der Waals surface area contributed by atoms with Crippen LogP contribution in [-0.2, 0) is 0 Å². The summed E-state index contributed by atoms with van der Waals surface area (Å²) in [5.41, 5.74) is 5.98. The third-order valence-electron chi connectivity index (χ3n) is 6.08. The zero-order chi connectivity index (χ0) is 22.5. The van der Waals surface area contributed by atoms with Gasteiger partial charge in [0.25, 0.3) is 5.89 Å². The number of nitrogens with zero attached hydrogens (tertiary/aromatic N) is 5. The van der Waals surface area contributed by atoms with Crippen LogP contribution in [0.5, 0.6) is 0 Å². The molecular formula is C28H17N5O. The number of fused-ring (bicyclic) bond motifs is 4. The summed E-state index contributed by atoms with van der Waals surface area (Å²) >= 11 is 0. The lowest BCUT2D eigenvalue weighted by atomic mass is 10.0. The monoisotopic (exact) mass is 439 g/mol. The Hall–Kier alpha value is -4.84. The predicted molar refractivity (Wildman–Crippen MR) is 133 cm³/mol. The lowest BCUT2D eigenvalue weighted by Crippen LogP contribution is -1.96. The molecule has 34 heavy (non-hydrogen) atoms. The van der Waals surface area contributed by atoms with Gasteiger partial charge in [-0.05, 0) is 36.4 Å². The molecule has 4 aromatic heterocycles. The van der Waals surface area contributed by atoms with Crippen molar-refractivity contribution in [3.05, 3.63) is 104 Å². The first-order valence-corrected chi connectivity index (χ1v) is 11.0. The summed E-state index contributed by atoms with van der Waals surface area (Å²) in [5, 5.41) is 3.31. The Bertz CT molecular complexity index is 1800. The normalized spacial score (nSPS) is 11.5. The predicted octanol–water partition coefficient (Wildman–Crippen LogP) is 6.44. The number of hydrogen-bond acceptors (Lipinski definition) is 5. The molecule has 6 heteroatoms. The van der Waals surface area contributed by atoms with Gasteiger partial charge < -0.3 is 8.98 Å². The lowest BCUT2D eigenvalue weighted by molar-refractivity contribution is 0.569. The van der Waals surface area contributed by atoms with Gasteiger partial charge in [-0.1, -0.05) is 42.5 Å². The van der Waals surface area contributed by atoms with E-state index in [4.69, 9.17) is 9.40 Å². The molecule has 0 aliphatic rings. The van der Waals surface area contributed by atoms with Gasteiger partial charge in [0.15, 0.2) is 0 Å². The third kappa shape index (κ3) is 2.82. The van der Waals surface area contributed by atoms with Crippen LogP contribution in [0.25, 0.3) is 61.4 Å². The van der Waals surface area contributed by atoms with E-state index >= 15 is 0 Å². The van der Waals surface area contributed by atoms with Crippen molar-refractivity contribution in [3.63, 3.8) is 0 Å². The number of benzene rings is 3. The molecule has 4 heterocycles. The topological polar surface area (TPSA) is 69.6 Å². The van der Waals surface area contributed by atoms with Crippen molar-refractivity contribution in [1.29, 1.82) is 0 Å². The van der Waals surface area contributed by atoms with Crippen molar-refractivity contribution in [2.75, 3.05) is 0 Å². The molecule has 0 spiro atoms. The molecule has 160 valence electrons. The Kier molecular flexibility index (Phi) is 4.04. The largest absolute Gasteiger partial charge is 0.442 e. The first-order valence-electron chi connectivity index (χ1n) is 11.0. The Morgan fingerprint density at radius 2 is 1.56 bits per heavy atom. The number of rotatable bonds is 3. The van der Waals surface area contributed by atoms with Gasteiger partial charge in [0.1, 0.15) is 6.26 Å². The zero-order valence-corrected chi connectivity index (χ0v) is 18.0. The van der Waals surface area contributed by atoms with Crippen LogP contribution in [0.2, 0.25) is 0 Å². The highest BCUT2D eigenvalue weighted by Gasteiger charge is 2.17. The van der Waals surface area contributed by atoms with Crippen molar-refractivity contribution < 1.29 is 4.42 Å². The maximum absolute atomic E-state index is 5.49. The summed E-state index contributed by atoms with van der Waals surface area (Å²) in [6.07, 6.45) is 6.82. The van der Waals surface area contributed by atoms with Gasteiger partial charge in [0, 0.05) is 27.9 Å². The number of aromatic nitrogens is 5. The maximum Gasteiger partial charge on any atom is 0.264 e. The van der Waals surface area contributed by atoms with Crippen LogP contribution in [0.3, 0.4) is 0 Å². The van der Waals surface area contributed by atoms with E-state index in [-0.39, 0.29) is 0 Å². The van der Waals surface area contributed by atoms with E-state index in [2.05, 4.69) is 68.0 Å². The van der Waals surface area contributed by atoms with Crippen molar-refractivity contribution in [1.82, 2.24) is 24.5 Å². The third-order valence-corrected chi connectivity index (χ3v) is 6.08. The quantitative estimate of drug-likeness (QED) is 0.317. The van der Waals surface area contributed by atoms with Gasteiger partial charge >= 0.3 is 0 Å². The minimum absolute atomic E-state index is 0.404. The van der Waals surface area contributed by atoms with E-state index in [0.29, 0.717) is 11.7 Å². The van der Waals surface area contributed by atoms with E-state index in [0.717, 1.165) is 44.3 Å². The van der Waals surface area contributed by atoms with Crippen molar-refractivity contribution >= 4 is 32.7 Å². The summed E-state index contributed by atoms with van der Waals surface area (Å²) in [6, 6.07) is 27.0. The molecule has 3 aromatic carbocycles. The number of pyridine rings is 1. The molecule has 0 saturated heterocycles. The Labute approximate surface area is 194 Å². The fraction of sp³-hybridized carbons (Fsp3) is 0. The van der Waals surface area contributed by atoms with Crippen LogP contribution >= 0.6 is 0 Å². The first-order chi connectivity index (χ1) is 16.9. The zero-order valence-electron chi connectivity index (χ0n) is 18.0. The van der Waals surface area contributed by atoms with Crippen LogP contribution in [0.15, 0.2) is 108 Å². The second-order valence-corrected chi connectivity index (χ2v) is 8.05. The Morgan fingerprint density at radius 1 is 0.706 bits per heavy atom. The van der Waals surface area contributed by atoms with E-state index in [9.17, 15) is 0 Å². The molecule has 6 nitrogen and oxygen atoms in total. The highest BCUT2D eigenvalue weighted by Crippen LogP contribution is 2.36. The number of para-hydroxylation sites is 2. The molecule has 0 bridgehead atoms. The van der Waals surface area contributed by atoms with E-state index in [1.807, 2.05) is 36.5 Å². The standard InChI is InChI=1S/C28H17N5O/c1-3-9-23-21(8-1)26(32-27(31-23)28-30-14-15-34-28)18-11-12-25-22(16-18)20-7-2-4-10-24(20)33(25)19-6-5-13-29-17-19/h1-17H. The van der Waals surface area contributed by atoms with Gasteiger partial charge in [-0.3, -0.25) is 4.98 Å². The van der Waals surface area contributed by atoms with Crippen molar-refractivity contribution in [2.24, 2.45) is 0 Å². The van der Waals surface area contributed by atoms with E-state index in [1.165, 1.54) is 11.6 Å². The van der Waals surface area contributed by atoms with Gasteiger partial charge in [0.05, 0.1) is 40.3 Å². The minimum Gasteiger partial charge on any atom is -0.442 e. The molecule has 0 radical (unpaired) electrons. The Balaban J connectivity index is 1.53. The summed E-state index contributed by atoms with van der Waals surface area (Å²) in [5.74, 6) is 0.873. The fourth-order valence-corrected chi connectivity index (χ4v) is 4.61. The van der Waals surface area contributed by atoms with Crippen LogP contribution in [0, 0.1) is 0 Å². The highest BCUT2D eigenvalue weighted by molar-refractivity contribution is 6.11. The summed E-state index contributed by atoms with van der Waals surface area (Å²) in [4.78, 5) is 18.2. The number of oxazole rings is 1. The molecule has 0 aliphatic carbocycles. The summed E-state index contributed by atoms with van der Waals surface area (Å²) in [6.45, 7) is 0. The smallest absolute Gasteiger partial charge is 0.264 e. The summed E-state index contributed by atoms with van der Waals surface area (Å²) in [7, 11) is 0. The molecule has 0 amide bonds. The molecule has 0 saturated carbocycles. The maximum atomic E-state index is 5.49. The average Bonchev–Trinajstić information content (AvgIpc) is 3.55. The van der Waals surface area contributed by atoms with Gasteiger partial charge in [-0.25, -0.2) is 15.0 Å². The lowest BCUT2D eigenvalue weighted by Gasteiger charge is -2.09.